The minimum atomic E-state index is -0.266. The highest BCUT2D eigenvalue weighted by Gasteiger charge is 2.33. The molecule has 4 rings (SSSR count). The van der Waals surface area contributed by atoms with E-state index in [0.29, 0.717) is 35.2 Å². The highest BCUT2D eigenvalue weighted by molar-refractivity contribution is 7.10. The van der Waals surface area contributed by atoms with Crippen LogP contribution in [0.3, 0.4) is 0 Å². The predicted molar refractivity (Wildman–Crippen MR) is 139 cm³/mol. The van der Waals surface area contributed by atoms with Gasteiger partial charge in [0.2, 0.25) is 5.91 Å². The third-order valence-electron chi connectivity index (χ3n) is 5.90. The summed E-state index contributed by atoms with van der Waals surface area (Å²) >= 11 is 7.76. The van der Waals surface area contributed by atoms with E-state index in [1.54, 1.807) is 48.8 Å². The zero-order valence-electron chi connectivity index (χ0n) is 19.5. The summed E-state index contributed by atoms with van der Waals surface area (Å²) in [6, 6.07) is 15.9. The number of ether oxygens (including phenoxy) is 2. The SMILES string of the molecule is C=CCN(CC(=O)N1CCc2sccc2[C@@H]1COc1cccc(OC)c1)C(=O)c1cccc(Cl)c1. The smallest absolute Gasteiger partial charge is 0.254 e. The zero-order valence-corrected chi connectivity index (χ0v) is 21.1. The predicted octanol–water partition coefficient (Wildman–Crippen LogP) is 5.24. The molecule has 1 aromatic heterocycles. The number of methoxy groups -OCH3 is 1. The van der Waals surface area contributed by atoms with Gasteiger partial charge in [-0.15, -0.1) is 17.9 Å². The molecule has 35 heavy (non-hydrogen) atoms. The van der Waals surface area contributed by atoms with E-state index >= 15 is 0 Å². The maximum absolute atomic E-state index is 13.5. The molecular formula is C27H27ClN2O4S. The molecule has 0 spiro atoms. The Morgan fingerprint density at radius 1 is 1.20 bits per heavy atom. The third kappa shape index (κ3) is 5.86. The van der Waals surface area contributed by atoms with E-state index in [0.717, 1.165) is 12.0 Å². The normalized spacial score (nSPS) is 14.7. The number of halogens is 1. The van der Waals surface area contributed by atoms with Crippen LogP contribution in [-0.2, 0) is 11.2 Å². The van der Waals surface area contributed by atoms with Crippen molar-refractivity contribution in [2.75, 3.05) is 33.4 Å². The Labute approximate surface area is 214 Å². The summed E-state index contributed by atoms with van der Waals surface area (Å²) in [7, 11) is 1.61. The van der Waals surface area contributed by atoms with Gasteiger partial charge in [0.25, 0.3) is 5.91 Å². The van der Waals surface area contributed by atoms with E-state index in [9.17, 15) is 9.59 Å². The largest absolute Gasteiger partial charge is 0.497 e. The maximum atomic E-state index is 13.5. The van der Waals surface area contributed by atoms with Crippen LogP contribution in [0.2, 0.25) is 5.02 Å². The Hall–Kier alpha value is -3.29. The second kappa shape index (κ2) is 11.4. The minimum absolute atomic E-state index is 0.0630. The van der Waals surface area contributed by atoms with Gasteiger partial charge in [0, 0.05) is 34.6 Å². The number of carbonyl (C=O) groups excluding carboxylic acids is 2. The number of rotatable bonds is 9. The average Bonchev–Trinajstić information content (AvgIpc) is 3.36. The van der Waals surface area contributed by atoms with Gasteiger partial charge in [-0.2, -0.15) is 0 Å². The highest BCUT2D eigenvalue weighted by Crippen LogP contribution is 2.34. The molecule has 0 saturated heterocycles. The van der Waals surface area contributed by atoms with Crippen molar-refractivity contribution < 1.29 is 19.1 Å². The quantitative estimate of drug-likeness (QED) is 0.369. The van der Waals surface area contributed by atoms with Crippen LogP contribution in [0.25, 0.3) is 0 Å². The number of carbonyl (C=O) groups is 2. The monoisotopic (exact) mass is 510 g/mol. The molecule has 2 amide bonds. The van der Waals surface area contributed by atoms with Crippen LogP contribution in [0.5, 0.6) is 11.5 Å². The summed E-state index contributed by atoms with van der Waals surface area (Å²) in [5, 5.41) is 2.51. The first-order chi connectivity index (χ1) is 17.0. The van der Waals surface area contributed by atoms with Gasteiger partial charge in [-0.25, -0.2) is 0 Å². The molecule has 2 heterocycles. The topological polar surface area (TPSA) is 59.1 Å². The molecule has 0 N–H and O–H groups in total. The summed E-state index contributed by atoms with van der Waals surface area (Å²) in [5.41, 5.74) is 1.53. The fourth-order valence-electron chi connectivity index (χ4n) is 4.17. The molecule has 0 unspecified atom stereocenters. The van der Waals surface area contributed by atoms with Crippen LogP contribution >= 0.6 is 22.9 Å². The number of hydrogen-bond donors (Lipinski definition) is 0. The molecule has 182 valence electrons. The van der Waals surface area contributed by atoms with Gasteiger partial charge < -0.3 is 19.3 Å². The number of fused-ring (bicyclic) bond motifs is 1. The molecule has 1 aliphatic heterocycles. The second-order valence-corrected chi connectivity index (χ2v) is 9.56. The molecule has 1 aliphatic rings. The number of hydrogen-bond acceptors (Lipinski definition) is 5. The Bertz CT molecular complexity index is 1210. The Balaban J connectivity index is 1.52. The Kier molecular flexibility index (Phi) is 8.10. The first-order valence-corrected chi connectivity index (χ1v) is 12.5. The van der Waals surface area contributed by atoms with E-state index in [1.807, 2.05) is 34.5 Å². The van der Waals surface area contributed by atoms with Crippen LogP contribution in [0.15, 0.2) is 72.6 Å². The van der Waals surface area contributed by atoms with Gasteiger partial charge in [0.05, 0.1) is 13.2 Å². The van der Waals surface area contributed by atoms with E-state index in [1.165, 1.54) is 9.78 Å². The summed E-state index contributed by atoms with van der Waals surface area (Å²) in [5.74, 6) is 0.967. The highest BCUT2D eigenvalue weighted by atomic mass is 35.5. The number of nitrogens with zero attached hydrogens (tertiary/aromatic N) is 2. The molecule has 3 aromatic rings. The maximum Gasteiger partial charge on any atom is 0.254 e. The van der Waals surface area contributed by atoms with E-state index in [2.05, 4.69) is 12.6 Å². The van der Waals surface area contributed by atoms with Crippen molar-refractivity contribution >= 4 is 34.8 Å². The molecule has 0 saturated carbocycles. The summed E-state index contributed by atoms with van der Waals surface area (Å²) < 4.78 is 11.4. The van der Waals surface area contributed by atoms with Gasteiger partial charge in [0.15, 0.2) is 0 Å². The van der Waals surface area contributed by atoms with Crippen molar-refractivity contribution in [1.82, 2.24) is 9.80 Å². The third-order valence-corrected chi connectivity index (χ3v) is 7.13. The first kappa shape index (κ1) is 24.8. The van der Waals surface area contributed by atoms with Crippen molar-refractivity contribution in [2.24, 2.45) is 0 Å². The molecule has 0 fully saturated rings. The van der Waals surface area contributed by atoms with Crippen molar-refractivity contribution in [1.29, 1.82) is 0 Å². The lowest BCUT2D eigenvalue weighted by Gasteiger charge is -2.37. The lowest BCUT2D eigenvalue weighted by molar-refractivity contribution is -0.135. The Morgan fingerprint density at radius 3 is 2.77 bits per heavy atom. The number of thiophene rings is 1. The van der Waals surface area contributed by atoms with Crippen LogP contribution in [-0.4, -0.2) is 55.0 Å². The summed E-state index contributed by atoms with van der Waals surface area (Å²) in [6.07, 6.45) is 2.39. The fourth-order valence-corrected chi connectivity index (χ4v) is 5.29. The average molecular weight is 511 g/mol. The van der Waals surface area contributed by atoms with Crippen molar-refractivity contribution in [3.05, 3.63) is 93.7 Å². The lowest BCUT2D eigenvalue weighted by atomic mass is 10.0. The molecule has 0 radical (unpaired) electrons. The van der Waals surface area contributed by atoms with Gasteiger partial charge >= 0.3 is 0 Å². The van der Waals surface area contributed by atoms with Gasteiger partial charge in [-0.1, -0.05) is 29.8 Å². The van der Waals surface area contributed by atoms with Crippen molar-refractivity contribution in [3.8, 4) is 11.5 Å². The van der Waals surface area contributed by atoms with Crippen LogP contribution in [0.1, 0.15) is 26.8 Å². The first-order valence-electron chi connectivity index (χ1n) is 11.3. The van der Waals surface area contributed by atoms with E-state index in [4.69, 9.17) is 21.1 Å². The molecular weight excluding hydrogens is 484 g/mol. The number of benzene rings is 2. The van der Waals surface area contributed by atoms with Crippen molar-refractivity contribution in [3.63, 3.8) is 0 Å². The van der Waals surface area contributed by atoms with Crippen LogP contribution < -0.4 is 9.47 Å². The molecule has 0 bridgehead atoms. The van der Waals surface area contributed by atoms with Gasteiger partial charge in [-0.3, -0.25) is 9.59 Å². The van der Waals surface area contributed by atoms with E-state index in [-0.39, 0.29) is 30.9 Å². The molecule has 0 aliphatic carbocycles. The Morgan fingerprint density at radius 2 is 2.00 bits per heavy atom. The zero-order chi connectivity index (χ0) is 24.8. The minimum Gasteiger partial charge on any atom is -0.497 e. The molecule has 2 aromatic carbocycles. The van der Waals surface area contributed by atoms with Crippen LogP contribution in [0, 0.1) is 0 Å². The molecule has 6 nitrogen and oxygen atoms in total. The van der Waals surface area contributed by atoms with Gasteiger partial charge in [0.1, 0.15) is 24.7 Å². The second-order valence-electron chi connectivity index (χ2n) is 8.13. The van der Waals surface area contributed by atoms with Gasteiger partial charge in [-0.05, 0) is 53.8 Å². The standard InChI is InChI=1S/C27H27ClN2O4S/c1-3-12-29(27(32)19-6-4-7-20(28)15-19)17-26(31)30-13-10-25-23(11-14-35-25)24(30)18-34-22-9-5-8-21(16-22)33-2/h3-9,11,14-16,24H,1,10,12-13,17-18H2,2H3/t24-/m0/s1. The lowest BCUT2D eigenvalue weighted by Crippen LogP contribution is -2.47. The van der Waals surface area contributed by atoms with E-state index < -0.39 is 0 Å². The molecule has 8 heteroatoms. The summed E-state index contributed by atoms with van der Waals surface area (Å²) in [4.78, 5) is 31.2. The fraction of sp³-hybridized carbons (Fsp3) is 0.259. The molecule has 1 atom stereocenters. The van der Waals surface area contributed by atoms with Crippen molar-refractivity contribution in [2.45, 2.75) is 12.5 Å². The number of amides is 2. The van der Waals surface area contributed by atoms with Crippen LogP contribution in [0.4, 0.5) is 0 Å². The summed E-state index contributed by atoms with van der Waals surface area (Å²) in [6.45, 7) is 4.80.